The summed E-state index contributed by atoms with van der Waals surface area (Å²) in [6.45, 7) is 13.1. The van der Waals surface area contributed by atoms with E-state index in [0.29, 0.717) is 6.42 Å². The summed E-state index contributed by atoms with van der Waals surface area (Å²) >= 11 is 0. The Hall–Kier alpha value is -0.600. The molecular formula is C14H28FNO. The van der Waals surface area contributed by atoms with Gasteiger partial charge >= 0.3 is 0 Å². The Labute approximate surface area is 106 Å². The number of alkyl halides is 1. The molecular weight excluding hydrogens is 217 g/mol. The number of nitrogens with zero attached hydrogens (tertiary/aromatic N) is 1. The van der Waals surface area contributed by atoms with Crippen LogP contribution in [0.4, 0.5) is 4.39 Å². The summed E-state index contributed by atoms with van der Waals surface area (Å²) in [5.74, 6) is -0.0208. The van der Waals surface area contributed by atoms with Crippen molar-refractivity contribution in [2.24, 2.45) is 11.3 Å². The Kier molecular flexibility index (Phi) is 6.14. The summed E-state index contributed by atoms with van der Waals surface area (Å²) in [6.07, 6.45) is 0.552. The van der Waals surface area contributed by atoms with E-state index in [9.17, 15) is 9.18 Å². The smallest absolute Gasteiger partial charge is 0.232 e. The summed E-state index contributed by atoms with van der Waals surface area (Å²) < 4.78 is 13.5. The summed E-state index contributed by atoms with van der Waals surface area (Å²) in [6, 6.07) is 0.220. The number of hydrogen-bond acceptors (Lipinski definition) is 1. The molecule has 1 unspecified atom stereocenters. The molecule has 0 spiro atoms. The van der Waals surface area contributed by atoms with Crippen molar-refractivity contribution in [1.29, 1.82) is 0 Å². The van der Waals surface area contributed by atoms with Gasteiger partial charge < -0.3 is 4.90 Å². The van der Waals surface area contributed by atoms with Crippen LogP contribution in [0.1, 0.15) is 54.9 Å². The normalized spacial score (nSPS) is 15.5. The molecule has 1 amide bonds. The molecule has 0 bridgehead atoms. The Morgan fingerprint density at radius 1 is 1.12 bits per heavy atom. The molecule has 0 aromatic rings. The third kappa shape index (κ3) is 3.20. The molecule has 0 aromatic carbocycles. The first-order valence-corrected chi connectivity index (χ1v) is 6.63. The fraction of sp³-hybridized carbons (Fsp3) is 0.929. The molecule has 0 saturated carbocycles. The van der Waals surface area contributed by atoms with Crippen LogP contribution in [0.15, 0.2) is 0 Å². The van der Waals surface area contributed by atoms with Gasteiger partial charge in [-0.2, -0.15) is 0 Å². The zero-order valence-electron chi connectivity index (χ0n) is 12.4. The minimum Gasteiger partial charge on any atom is -0.337 e. The van der Waals surface area contributed by atoms with Crippen LogP contribution in [-0.4, -0.2) is 29.6 Å². The molecule has 102 valence electrons. The van der Waals surface area contributed by atoms with Gasteiger partial charge in [-0.25, -0.2) is 4.39 Å². The summed E-state index contributed by atoms with van der Waals surface area (Å²) in [5, 5.41) is 0. The van der Waals surface area contributed by atoms with Crippen LogP contribution < -0.4 is 0 Å². The minimum absolute atomic E-state index is 0.0185. The van der Waals surface area contributed by atoms with E-state index in [2.05, 4.69) is 0 Å². The van der Waals surface area contributed by atoms with E-state index in [1.54, 1.807) is 0 Å². The Morgan fingerprint density at radius 3 is 1.71 bits per heavy atom. The Bertz CT molecular complexity index is 237. The van der Waals surface area contributed by atoms with Crippen molar-refractivity contribution in [1.82, 2.24) is 4.90 Å². The van der Waals surface area contributed by atoms with Gasteiger partial charge in [0.15, 0.2) is 0 Å². The second kappa shape index (κ2) is 6.36. The van der Waals surface area contributed by atoms with Gasteiger partial charge in [-0.05, 0) is 40.0 Å². The molecule has 0 N–H and O–H groups in total. The molecule has 0 saturated heterocycles. The number of carbonyl (C=O) groups is 1. The predicted octanol–water partition coefficient (Wildman–Crippen LogP) is 3.65. The number of hydrogen-bond donors (Lipinski definition) is 0. The van der Waals surface area contributed by atoms with Gasteiger partial charge in [0.05, 0.1) is 5.41 Å². The highest BCUT2D eigenvalue weighted by Gasteiger charge is 2.43. The molecule has 0 aliphatic heterocycles. The second-order valence-electron chi connectivity index (χ2n) is 5.70. The third-order valence-corrected chi connectivity index (χ3v) is 3.75. The number of halogens is 1. The SMILES string of the molecule is CCC(CF)(C(=O)N(C(C)C)C(C)C)C(C)C. The summed E-state index contributed by atoms with van der Waals surface area (Å²) in [5.41, 5.74) is -0.853. The van der Waals surface area contributed by atoms with Crippen molar-refractivity contribution in [3.8, 4) is 0 Å². The van der Waals surface area contributed by atoms with Crippen LogP contribution >= 0.6 is 0 Å². The monoisotopic (exact) mass is 245 g/mol. The maximum atomic E-state index is 13.5. The highest BCUT2D eigenvalue weighted by molar-refractivity contribution is 5.83. The van der Waals surface area contributed by atoms with Gasteiger partial charge in [0, 0.05) is 12.1 Å². The quantitative estimate of drug-likeness (QED) is 0.699. The van der Waals surface area contributed by atoms with Gasteiger partial charge in [-0.1, -0.05) is 20.8 Å². The highest BCUT2D eigenvalue weighted by Crippen LogP contribution is 2.35. The molecule has 0 aliphatic carbocycles. The lowest BCUT2D eigenvalue weighted by Gasteiger charge is -2.41. The average Bonchev–Trinajstić information content (AvgIpc) is 2.18. The van der Waals surface area contributed by atoms with Gasteiger partial charge in [-0.15, -0.1) is 0 Å². The van der Waals surface area contributed by atoms with Crippen molar-refractivity contribution >= 4 is 5.91 Å². The molecule has 1 atom stereocenters. The van der Waals surface area contributed by atoms with E-state index in [4.69, 9.17) is 0 Å². The summed E-state index contributed by atoms with van der Waals surface area (Å²) in [7, 11) is 0. The maximum Gasteiger partial charge on any atom is 0.232 e. The molecule has 17 heavy (non-hydrogen) atoms. The molecule has 3 heteroatoms. The average molecular weight is 245 g/mol. The van der Waals surface area contributed by atoms with E-state index >= 15 is 0 Å². The van der Waals surface area contributed by atoms with Crippen LogP contribution in [0.5, 0.6) is 0 Å². The zero-order valence-corrected chi connectivity index (χ0v) is 12.4. The number of carbonyl (C=O) groups excluding carboxylic acids is 1. The first-order valence-electron chi connectivity index (χ1n) is 6.63. The second-order valence-corrected chi connectivity index (χ2v) is 5.70. The van der Waals surface area contributed by atoms with Gasteiger partial charge in [0.1, 0.15) is 6.67 Å². The van der Waals surface area contributed by atoms with Crippen LogP contribution in [0.2, 0.25) is 0 Å². The maximum absolute atomic E-state index is 13.5. The number of rotatable bonds is 6. The van der Waals surface area contributed by atoms with Crippen molar-refractivity contribution in [2.45, 2.75) is 67.0 Å². The number of amides is 1. The van der Waals surface area contributed by atoms with E-state index in [0.717, 1.165) is 0 Å². The molecule has 2 nitrogen and oxygen atoms in total. The molecule has 0 fully saturated rings. The standard InChI is InChI=1S/C14H28FNO/c1-8-14(9-15,10(2)3)13(17)16(11(4)5)12(6)7/h10-12H,8-9H2,1-7H3. The first kappa shape index (κ1) is 16.4. The zero-order chi connectivity index (χ0) is 13.8. The summed E-state index contributed by atoms with van der Waals surface area (Å²) in [4.78, 5) is 14.4. The van der Waals surface area contributed by atoms with Gasteiger partial charge in [0.2, 0.25) is 5.91 Å². The largest absolute Gasteiger partial charge is 0.337 e. The van der Waals surface area contributed by atoms with Crippen molar-refractivity contribution < 1.29 is 9.18 Å². The fourth-order valence-electron chi connectivity index (χ4n) is 2.43. The lowest BCUT2D eigenvalue weighted by Crippen LogP contribution is -2.53. The van der Waals surface area contributed by atoms with Gasteiger partial charge in [0.25, 0.3) is 0 Å². The highest BCUT2D eigenvalue weighted by atomic mass is 19.1. The lowest BCUT2D eigenvalue weighted by atomic mass is 9.74. The van der Waals surface area contributed by atoms with Crippen molar-refractivity contribution in [3.05, 3.63) is 0 Å². The predicted molar refractivity (Wildman–Crippen MR) is 70.7 cm³/mol. The molecule has 0 aromatic heterocycles. The lowest BCUT2D eigenvalue weighted by molar-refractivity contribution is -0.150. The minimum atomic E-state index is -0.853. The van der Waals surface area contributed by atoms with Crippen LogP contribution in [-0.2, 0) is 4.79 Å². The first-order chi connectivity index (χ1) is 7.74. The van der Waals surface area contributed by atoms with Crippen molar-refractivity contribution in [2.75, 3.05) is 6.67 Å². The van der Waals surface area contributed by atoms with E-state index in [1.165, 1.54) is 0 Å². The van der Waals surface area contributed by atoms with Crippen molar-refractivity contribution in [3.63, 3.8) is 0 Å². The van der Waals surface area contributed by atoms with E-state index in [1.807, 2.05) is 53.4 Å². The Morgan fingerprint density at radius 2 is 1.53 bits per heavy atom. The van der Waals surface area contributed by atoms with E-state index < -0.39 is 12.1 Å². The molecule has 0 rings (SSSR count). The third-order valence-electron chi connectivity index (χ3n) is 3.75. The van der Waals surface area contributed by atoms with Crippen LogP contribution in [0.3, 0.4) is 0 Å². The molecule has 0 radical (unpaired) electrons. The fourth-order valence-corrected chi connectivity index (χ4v) is 2.43. The molecule has 0 heterocycles. The molecule has 0 aliphatic rings. The topological polar surface area (TPSA) is 20.3 Å². The van der Waals surface area contributed by atoms with E-state index in [-0.39, 0.29) is 23.9 Å². The van der Waals surface area contributed by atoms with Crippen LogP contribution in [0.25, 0.3) is 0 Å². The van der Waals surface area contributed by atoms with Gasteiger partial charge in [-0.3, -0.25) is 4.79 Å². The Balaban J connectivity index is 5.33. The van der Waals surface area contributed by atoms with Crippen LogP contribution in [0, 0.1) is 11.3 Å².